The number of benzene rings is 1. The SMILES string of the molecule is S=C(Nc1nn(Cc2ccccc2Cl)cc1Cl)NC1CCCC1. The second kappa shape index (κ2) is 7.51. The van der Waals surface area contributed by atoms with Crippen LogP contribution < -0.4 is 10.6 Å². The number of thiocarbonyl (C=S) groups is 1. The smallest absolute Gasteiger partial charge is 0.173 e. The molecule has 0 radical (unpaired) electrons. The van der Waals surface area contributed by atoms with Crippen LogP contribution in [0.15, 0.2) is 30.5 Å². The first kappa shape index (κ1) is 16.6. The van der Waals surface area contributed by atoms with Gasteiger partial charge in [0.1, 0.15) is 5.02 Å². The fourth-order valence-corrected chi connectivity index (χ4v) is 3.42. The van der Waals surface area contributed by atoms with Gasteiger partial charge in [-0.1, -0.05) is 54.2 Å². The Morgan fingerprint density at radius 1 is 1.22 bits per heavy atom. The average Bonchev–Trinajstić information content (AvgIpc) is 3.12. The number of aromatic nitrogens is 2. The summed E-state index contributed by atoms with van der Waals surface area (Å²) in [4.78, 5) is 0. The molecule has 4 nitrogen and oxygen atoms in total. The highest BCUT2D eigenvalue weighted by Crippen LogP contribution is 2.22. The topological polar surface area (TPSA) is 41.9 Å². The summed E-state index contributed by atoms with van der Waals surface area (Å²) < 4.78 is 1.75. The van der Waals surface area contributed by atoms with Gasteiger partial charge in [0.25, 0.3) is 0 Å². The van der Waals surface area contributed by atoms with Gasteiger partial charge in [0, 0.05) is 17.3 Å². The molecule has 23 heavy (non-hydrogen) atoms. The fraction of sp³-hybridized carbons (Fsp3) is 0.375. The van der Waals surface area contributed by atoms with Crippen LogP contribution in [0, 0.1) is 0 Å². The Hall–Kier alpha value is -1.30. The highest BCUT2D eigenvalue weighted by atomic mass is 35.5. The number of anilines is 1. The summed E-state index contributed by atoms with van der Waals surface area (Å²) in [6.07, 6.45) is 6.61. The molecular weight excluding hydrogens is 351 g/mol. The number of hydrogen-bond donors (Lipinski definition) is 2. The van der Waals surface area contributed by atoms with Crippen molar-refractivity contribution in [3.05, 3.63) is 46.1 Å². The molecule has 1 aliphatic carbocycles. The van der Waals surface area contributed by atoms with Crippen molar-refractivity contribution in [2.24, 2.45) is 0 Å². The zero-order valence-corrected chi connectivity index (χ0v) is 14.9. The minimum absolute atomic E-state index is 0.457. The summed E-state index contributed by atoms with van der Waals surface area (Å²) in [6, 6.07) is 8.15. The molecule has 1 heterocycles. The van der Waals surface area contributed by atoms with Crippen LogP contribution in [0.25, 0.3) is 0 Å². The van der Waals surface area contributed by atoms with Crippen LogP contribution in [-0.4, -0.2) is 20.9 Å². The Balaban J connectivity index is 1.63. The number of nitrogens with one attached hydrogen (secondary N) is 2. The van der Waals surface area contributed by atoms with E-state index in [1.165, 1.54) is 12.8 Å². The molecule has 1 saturated carbocycles. The van der Waals surface area contributed by atoms with Crippen LogP contribution in [0.2, 0.25) is 10.0 Å². The van der Waals surface area contributed by atoms with Crippen molar-refractivity contribution in [3.63, 3.8) is 0 Å². The van der Waals surface area contributed by atoms with Crippen molar-refractivity contribution in [3.8, 4) is 0 Å². The zero-order valence-electron chi connectivity index (χ0n) is 12.6. The van der Waals surface area contributed by atoms with Gasteiger partial charge in [-0.05, 0) is 36.7 Å². The predicted octanol–water partition coefficient (Wildman–Crippen LogP) is 4.47. The molecule has 0 amide bonds. The Bertz CT molecular complexity index is 695. The number of hydrogen-bond acceptors (Lipinski definition) is 2. The van der Waals surface area contributed by atoms with E-state index >= 15 is 0 Å². The van der Waals surface area contributed by atoms with E-state index in [0.717, 1.165) is 18.4 Å². The van der Waals surface area contributed by atoms with Gasteiger partial charge in [-0.25, -0.2) is 0 Å². The van der Waals surface area contributed by atoms with E-state index in [0.29, 0.717) is 33.6 Å². The summed E-state index contributed by atoms with van der Waals surface area (Å²) >= 11 is 17.8. The van der Waals surface area contributed by atoms with E-state index in [9.17, 15) is 0 Å². The van der Waals surface area contributed by atoms with Crippen LogP contribution in [0.1, 0.15) is 31.2 Å². The molecule has 1 aromatic heterocycles. The van der Waals surface area contributed by atoms with Crippen molar-refractivity contribution in [2.45, 2.75) is 38.3 Å². The lowest BCUT2D eigenvalue weighted by Gasteiger charge is -2.14. The van der Waals surface area contributed by atoms with Crippen molar-refractivity contribution in [2.75, 3.05) is 5.32 Å². The molecule has 2 aromatic rings. The molecule has 0 atom stereocenters. The Morgan fingerprint density at radius 2 is 1.96 bits per heavy atom. The molecule has 1 fully saturated rings. The van der Waals surface area contributed by atoms with Crippen LogP contribution in [0.3, 0.4) is 0 Å². The lowest BCUT2D eigenvalue weighted by atomic mass is 10.2. The lowest BCUT2D eigenvalue weighted by Crippen LogP contribution is -2.36. The van der Waals surface area contributed by atoms with Crippen molar-refractivity contribution in [1.82, 2.24) is 15.1 Å². The maximum Gasteiger partial charge on any atom is 0.173 e. The maximum atomic E-state index is 6.25. The number of nitrogens with zero attached hydrogens (tertiary/aromatic N) is 2. The van der Waals surface area contributed by atoms with Gasteiger partial charge in [-0.3, -0.25) is 4.68 Å². The summed E-state index contributed by atoms with van der Waals surface area (Å²) in [7, 11) is 0. The Kier molecular flexibility index (Phi) is 5.41. The first-order chi connectivity index (χ1) is 11.1. The van der Waals surface area contributed by atoms with E-state index in [-0.39, 0.29) is 0 Å². The minimum Gasteiger partial charge on any atom is -0.360 e. The van der Waals surface area contributed by atoms with Gasteiger partial charge in [0.15, 0.2) is 10.9 Å². The van der Waals surface area contributed by atoms with Gasteiger partial charge < -0.3 is 10.6 Å². The minimum atomic E-state index is 0.457. The summed E-state index contributed by atoms with van der Waals surface area (Å²) in [5.74, 6) is 0.564. The summed E-state index contributed by atoms with van der Waals surface area (Å²) in [5.41, 5.74) is 0.992. The van der Waals surface area contributed by atoms with Gasteiger partial charge >= 0.3 is 0 Å². The van der Waals surface area contributed by atoms with Gasteiger partial charge in [-0.2, -0.15) is 5.10 Å². The number of rotatable bonds is 4. The molecule has 0 spiro atoms. The third-order valence-corrected chi connectivity index (χ3v) is 4.79. The molecule has 122 valence electrons. The molecule has 1 aliphatic rings. The van der Waals surface area contributed by atoms with E-state index in [4.69, 9.17) is 35.4 Å². The standard InChI is InChI=1S/C16H18Cl2N4S/c17-13-8-4-1-5-11(13)9-22-10-14(18)15(21-22)20-16(23)19-12-6-2-3-7-12/h1,4-5,8,10,12H,2-3,6-7,9H2,(H2,19,20,21,23). The third-order valence-electron chi connectivity index (χ3n) is 3.93. The molecular formula is C16H18Cl2N4S. The molecule has 0 bridgehead atoms. The van der Waals surface area contributed by atoms with Crippen molar-refractivity contribution in [1.29, 1.82) is 0 Å². The summed E-state index contributed by atoms with van der Waals surface area (Å²) in [5, 5.41) is 12.7. The summed E-state index contributed by atoms with van der Waals surface area (Å²) in [6.45, 7) is 0.559. The second-order valence-electron chi connectivity index (χ2n) is 5.69. The Morgan fingerprint density at radius 3 is 2.70 bits per heavy atom. The quantitative estimate of drug-likeness (QED) is 0.781. The number of halogens is 2. The van der Waals surface area contributed by atoms with Crippen LogP contribution >= 0.6 is 35.4 Å². The molecule has 7 heteroatoms. The van der Waals surface area contributed by atoms with E-state index in [1.54, 1.807) is 10.9 Å². The Labute approximate surface area is 151 Å². The average molecular weight is 369 g/mol. The van der Waals surface area contributed by atoms with Crippen LogP contribution in [0.5, 0.6) is 0 Å². The maximum absolute atomic E-state index is 6.25. The molecule has 3 rings (SSSR count). The third kappa shape index (κ3) is 4.37. The van der Waals surface area contributed by atoms with Gasteiger partial charge in [0.05, 0.1) is 6.54 Å². The van der Waals surface area contributed by atoms with E-state index in [1.807, 2.05) is 24.3 Å². The van der Waals surface area contributed by atoms with Gasteiger partial charge in [0.2, 0.25) is 0 Å². The monoisotopic (exact) mass is 368 g/mol. The molecule has 1 aromatic carbocycles. The first-order valence-corrected chi connectivity index (χ1v) is 8.82. The normalized spacial score (nSPS) is 14.9. The second-order valence-corrected chi connectivity index (χ2v) is 6.92. The highest BCUT2D eigenvalue weighted by molar-refractivity contribution is 7.80. The van der Waals surface area contributed by atoms with Gasteiger partial charge in [-0.15, -0.1) is 0 Å². The lowest BCUT2D eigenvalue weighted by molar-refractivity contribution is 0.634. The van der Waals surface area contributed by atoms with Crippen LogP contribution in [-0.2, 0) is 6.54 Å². The molecule has 2 N–H and O–H groups in total. The van der Waals surface area contributed by atoms with Crippen molar-refractivity contribution < 1.29 is 0 Å². The molecule has 0 saturated heterocycles. The van der Waals surface area contributed by atoms with E-state index < -0.39 is 0 Å². The molecule has 0 unspecified atom stereocenters. The zero-order chi connectivity index (χ0) is 16.2. The fourth-order valence-electron chi connectivity index (χ4n) is 2.76. The molecule has 0 aliphatic heterocycles. The largest absolute Gasteiger partial charge is 0.360 e. The van der Waals surface area contributed by atoms with Crippen molar-refractivity contribution >= 4 is 46.4 Å². The highest BCUT2D eigenvalue weighted by Gasteiger charge is 2.16. The first-order valence-electron chi connectivity index (χ1n) is 7.65. The van der Waals surface area contributed by atoms with E-state index in [2.05, 4.69) is 15.7 Å². The predicted molar refractivity (Wildman–Crippen MR) is 99.4 cm³/mol. The van der Waals surface area contributed by atoms with Crippen LogP contribution in [0.4, 0.5) is 5.82 Å².